The Balaban J connectivity index is 1.64. The van der Waals surface area contributed by atoms with Crippen LogP contribution in [-0.2, 0) is 11.2 Å². The van der Waals surface area contributed by atoms with Crippen LogP contribution in [0.3, 0.4) is 0 Å². The number of rotatable bonds is 7. The highest BCUT2D eigenvalue weighted by Crippen LogP contribution is 2.35. The van der Waals surface area contributed by atoms with Gasteiger partial charge in [0.05, 0.1) is 18.3 Å². The summed E-state index contributed by atoms with van der Waals surface area (Å²) >= 11 is 12.4. The molecule has 0 radical (unpaired) electrons. The van der Waals surface area contributed by atoms with Crippen molar-refractivity contribution in [2.75, 3.05) is 0 Å². The Morgan fingerprint density at radius 3 is 2.54 bits per heavy atom. The lowest BCUT2D eigenvalue weighted by atomic mass is 9.99. The van der Waals surface area contributed by atoms with Crippen LogP contribution in [-0.4, -0.2) is 25.6 Å². The van der Waals surface area contributed by atoms with Crippen molar-refractivity contribution in [1.82, 2.24) is 14.5 Å². The van der Waals surface area contributed by atoms with Gasteiger partial charge < -0.3 is 9.84 Å². The van der Waals surface area contributed by atoms with Crippen molar-refractivity contribution in [1.29, 1.82) is 0 Å². The molecular formula is C27H19Cl2N3O3. The van der Waals surface area contributed by atoms with E-state index in [1.807, 2.05) is 59.3 Å². The van der Waals surface area contributed by atoms with E-state index in [2.05, 4.69) is 4.98 Å². The minimum absolute atomic E-state index is 0.0809. The molecule has 1 N–H and O–H groups in total. The quantitative estimate of drug-likeness (QED) is 0.268. The van der Waals surface area contributed by atoms with Gasteiger partial charge in [0, 0.05) is 39.5 Å². The van der Waals surface area contributed by atoms with E-state index in [4.69, 9.17) is 32.9 Å². The number of pyridine rings is 1. The molecule has 2 aromatic heterocycles. The number of carboxylic acids is 1. The van der Waals surface area contributed by atoms with Gasteiger partial charge in [0.1, 0.15) is 0 Å². The van der Waals surface area contributed by atoms with Crippen LogP contribution in [0.5, 0.6) is 5.88 Å². The van der Waals surface area contributed by atoms with Gasteiger partial charge in [-0.1, -0.05) is 53.5 Å². The van der Waals surface area contributed by atoms with Crippen molar-refractivity contribution in [3.05, 3.63) is 113 Å². The van der Waals surface area contributed by atoms with E-state index in [-0.39, 0.29) is 6.42 Å². The Morgan fingerprint density at radius 1 is 1.00 bits per heavy atom. The summed E-state index contributed by atoms with van der Waals surface area (Å²) in [5, 5.41) is 11.3. The molecule has 5 aromatic rings. The molecule has 6 nitrogen and oxygen atoms in total. The van der Waals surface area contributed by atoms with Crippen LogP contribution in [0.1, 0.15) is 17.4 Å². The lowest BCUT2D eigenvalue weighted by Gasteiger charge is -2.21. The number of nitrogens with zero attached hydrogens (tertiary/aromatic N) is 3. The SMILES string of the molecule is O=C(O)Cc1ccc2nc(OC(c3ccc(Cl)cc3)n3ccnc3)cc(-c3cccc(Cl)c3)c2c1. The number of benzene rings is 3. The number of carbonyl (C=O) groups is 1. The van der Waals surface area contributed by atoms with Crippen molar-refractivity contribution < 1.29 is 14.6 Å². The fourth-order valence-electron chi connectivity index (χ4n) is 3.94. The summed E-state index contributed by atoms with van der Waals surface area (Å²) in [4.78, 5) is 20.2. The van der Waals surface area contributed by atoms with Crippen LogP contribution in [0.4, 0.5) is 0 Å². The molecule has 0 spiro atoms. The minimum Gasteiger partial charge on any atom is -0.481 e. The van der Waals surface area contributed by atoms with Gasteiger partial charge in [-0.05, 0) is 53.1 Å². The first-order valence-electron chi connectivity index (χ1n) is 10.8. The third-order valence-electron chi connectivity index (χ3n) is 5.52. The molecule has 0 bridgehead atoms. The van der Waals surface area contributed by atoms with Crippen LogP contribution >= 0.6 is 23.2 Å². The van der Waals surface area contributed by atoms with E-state index >= 15 is 0 Å². The molecule has 35 heavy (non-hydrogen) atoms. The Kier molecular flexibility index (Phi) is 6.40. The van der Waals surface area contributed by atoms with Gasteiger partial charge in [0.15, 0.2) is 0 Å². The molecular weight excluding hydrogens is 485 g/mol. The second kappa shape index (κ2) is 9.78. The van der Waals surface area contributed by atoms with Crippen molar-refractivity contribution >= 4 is 40.1 Å². The summed E-state index contributed by atoms with van der Waals surface area (Å²) in [6, 6.07) is 22.1. The number of aliphatic carboxylic acids is 1. The Labute approximate surface area is 211 Å². The Hall–Kier alpha value is -3.87. The van der Waals surface area contributed by atoms with Gasteiger partial charge >= 0.3 is 5.97 Å². The van der Waals surface area contributed by atoms with E-state index in [9.17, 15) is 9.90 Å². The molecule has 8 heteroatoms. The smallest absolute Gasteiger partial charge is 0.307 e. The van der Waals surface area contributed by atoms with Crippen molar-refractivity contribution in [2.24, 2.45) is 0 Å². The third-order valence-corrected chi connectivity index (χ3v) is 6.01. The van der Waals surface area contributed by atoms with Gasteiger partial charge in [-0.25, -0.2) is 9.97 Å². The topological polar surface area (TPSA) is 77.2 Å². The highest BCUT2D eigenvalue weighted by molar-refractivity contribution is 6.31. The van der Waals surface area contributed by atoms with E-state index < -0.39 is 12.2 Å². The van der Waals surface area contributed by atoms with Gasteiger partial charge in [0.2, 0.25) is 12.1 Å². The molecule has 0 aliphatic heterocycles. The van der Waals surface area contributed by atoms with Crippen molar-refractivity contribution in [2.45, 2.75) is 12.6 Å². The lowest BCUT2D eigenvalue weighted by Crippen LogP contribution is -2.16. The lowest BCUT2D eigenvalue weighted by molar-refractivity contribution is -0.136. The highest BCUT2D eigenvalue weighted by atomic mass is 35.5. The maximum atomic E-state index is 11.3. The monoisotopic (exact) mass is 503 g/mol. The van der Waals surface area contributed by atoms with Crippen molar-refractivity contribution in [3.8, 4) is 17.0 Å². The number of carboxylic acid groups (broad SMARTS) is 1. The number of hydrogen-bond acceptors (Lipinski definition) is 4. The van der Waals surface area contributed by atoms with Gasteiger partial charge in [-0.15, -0.1) is 0 Å². The number of imidazole rings is 1. The number of halogens is 2. The number of aromatic nitrogens is 3. The van der Waals surface area contributed by atoms with E-state index in [1.165, 1.54) is 0 Å². The average molecular weight is 504 g/mol. The summed E-state index contributed by atoms with van der Waals surface area (Å²) < 4.78 is 8.26. The second-order valence-electron chi connectivity index (χ2n) is 7.97. The summed E-state index contributed by atoms with van der Waals surface area (Å²) in [6.45, 7) is 0. The first kappa shape index (κ1) is 22.9. The zero-order valence-electron chi connectivity index (χ0n) is 18.3. The fraction of sp³-hybridized carbons (Fsp3) is 0.0741. The molecule has 2 heterocycles. The van der Waals surface area contributed by atoms with Crippen molar-refractivity contribution in [3.63, 3.8) is 0 Å². The first-order chi connectivity index (χ1) is 17.0. The van der Waals surface area contributed by atoms with Crippen LogP contribution in [0.2, 0.25) is 10.0 Å². The largest absolute Gasteiger partial charge is 0.481 e. The van der Waals surface area contributed by atoms with E-state index in [0.29, 0.717) is 27.0 Å². The molecule has 1 atom stereocenters. The predicted molar refractivity (Wildman–Crippen MR) is 136 cm³/mol. The summed E-state index contributed by atoms with van der Waals surface area (Å²) in [6.07, 6.45) is 4.56. The zero-order chi connectivity index (χ0) is 24.4. The van der Waals surface area contributed by atoms with Crippen LogP contribution in [0.25, 0.3) is 22.0 Å². The van der Waals surface area contributed by atoms with Crippen LogP contribution < -0.4 is 4.74 Å². The van der Waals surface area contributed by atoms with Gasteiger partial charge in [-0.3, -0.25) is 9.36 Å². The molecule has 3 aromatic carbocycles. The molecule has 1 unspecified atom stereocenters. The van der Waals surface area contributed by atoms with Gasteiger partial charge in [0.25, 0.3) is 0 Å². The summed E-state index contributed by atoms with van der Waals surface area (Å²) in [7, 11) is 0. The number of ether oxygens (including phenoxy) is 1. The average Bonchev–Trinajstić information content (AvgIpc) is 3.37. The number of hydrogen-bond donors (Lipinski definition) is 1. The van der Waals surface area contributed by atoms with E-state index in [1.54, 1.807) is 36.8 Å². The first-order valence-corrected chi connectivity index (χ1v) is 11.5. The minimum atomic E-state index is -0.896. The van der Waals surface area contributed by atoms with Crippen LogP contribution in [0.15, 0.2) is 91.5 Å². The second-order valence-corrected chi connectivity index (χ2v) is 8.84. The molecule has 0 aliphatic rings. The van der Waals surface area contributed by atoms with E-state index in [0.717, 1.165) is 22.1 Å². The maximum absolute atomic E-state index is 11.3. The predicted octanol–water partition coefficient (Wildman–Crippen LogP) is 6.66. The zero-order valence-corrected chi connectivity index (χ0v) is 19.8. The molecule has 0 saturated heterocycles. The third kappa shape index (κ3) is 5.14. The summed E-state index contributed by atoms with van der Waals surface area (Å²) in [5.41, 5.74) is 3.93. The maximum Gasteiger partial charge on any atom is 0.307 e. The highest BCUT2D eigenvalue weighted by Gasteiger charge is 2.18. The molecule has 0 aliphatic carbocycles. The summed E-state index contributed by atoms with van der Waals surface area (Å²) in [5.74, 6) is -0.500. The normalized spacial score (nSPS) is 11.9. The Bertz CT molecular complexity index is 1500. The standard InChI is InChI=1S/C27H19Cl2N3O3/c28-20-7-5-18(6-8-20)27(32-11-10-30-16-32)35-25-15-22(19-2-1-3-21(29)14-19)23-12-17(13-26(33)34)4-9-24(23)31-25/h1-12,14-16,27H,13H2,(H,33,34). The fourth-order valence-corrected chi connectivity index (χ4v) is 4.26. The number of fused-ring (bicyclic) bond motifs is 1. The van der Waals surface area contributed by atoms with Gasteiger partial charge in [-0.2, -0.15) is 0 Å². The molecule has 0 saturated carbocycles. The molecule has 0 amide bonds. The molecule has 5 rings (SSSR count). The van der Waals surface area contributed by atoms with Crippen LogP contribution in [0, 0.1) is 0 Å². The molecule has 0 fully saturated rings. The molecule has 174 valence electrons. The Morgan fingerprint density at radius 2 is 1.83 bits per heavy atom.